The van der Waals surface area contributed by atoms with Gasteiger partial charge in [0.15, 0.2) is 0 Å². The third-order valence-electron chi connectivity index (χ3n) is 1.51. The fourth-order valence-electron chi connectivity index (χ4n) is 0.856. The van der Waals surface area contributed by atoms with Crippen LogP contribution in [0.4, 0.5) is 0 Å². The van der Waals surface area contributed by atoms with E-state index in [0.717, 1.165) is 19.4 Å². The van der Waals surface area contributed by atoms with Gasteiger partial charge >= 0.3 is 0 Å². The van der Waals surface area contributed by atoms with E-state index >= 15 is 0 Å². The zero-order valence-corrected chi connectivity index (χ0v) is 9.11. The van der Waals surface area contributed by atoms with Crippen LogP contribution in [0.5, 0.6) is 0 Å². The van der Waals surface area contributed by atoms with Gasteiger partial charge in [0.1, 0.15) is 0 Å². The molecular weight excluding hydrogens is 150 g/mol. The second-order valence-electron chi connectivity index (χ2n) is 2.45. The Bertz CT molecular complexity index is 92.0. The van der Waals surface area contributed by atoms with Crippen LogP contribution >= 0.6 is 0 Å². The zero-order valence-electron chi connectivity index (χ0n) is 9.11. The molecule has 1 amide bonds. The SMILES string of the molecule is CC.CC.CC1CCC(=O)NC1. The minimum Gasteiger partial charge on any atom is -0.356 e. The Kier molecular flexibility index (Phi) is 12.2. The molecule has 1 rings (SSSR count). The standard InChI is InChI=1S/C6H11NO.2C2H6/c1-5-2-3-6(8)7-4-5;2*1-2/h5H,2-4H2,1H3,(H,7,8);2*1-2H3. The number of carbonyl (C=O) groups is 1. The summed E-state index contributed by atoms with van der Waals surface area (Å²) >= 11 is 0. The number of hydrogen-bond donors (Lipinski definition) is 1. The van der Waals surface area contributed by atoms with Crippen molar-refractivity contribution < 1.29 is 4.79 Å². The van der Waals surface area contributed by atoms with Crippen molar-refractivity contribution in [1.29, 1.82) is 0 Å². The van der Waals surface area contributed by atoms with Crippen LogP contribution in [-0.2, 0) is 4.79 Å². The van der Waals surface area contributed by atoms with E-state index in [1.54, 1.807) is 0 Å². The highest BCUT2D eigenvalue weighted by molar-refractivity contribution is 5.76. The Balaban J connectivity index is 0. The highest BCUT2D eigenvalue weighted by Crippen LogP contribution is 2.07. The van der Waals surface area contributed by atoms with Gasteiger partial charge in [-0.05, 0) is 12.3 Å². The molecule has 74 valence electrons. The van der Waals surface area contributed by atoms with Crippen LogP contribution in [0.1, 0.15) is 47.5 Å². The molecule has 0 saturated carbocycles. The van der Waals surface area contributed by atoms with Crippen molar-refractivity contribution in [3.63, 3.8) is 0 Å². The predicted octanol–water partition coefficient (Wildman–Crippen LogP) is 2.58. The monoisotopic (exact) mass is 173 g/mol. The molecule has 0 radical (unpaired) electrons. The molecule has 1 aliphatic heterocycles. The largest absolute Gasteiger partial charge is 0.356 e. The van der Waals surface area contributed by atoms with E-state index in [1.807, 2.05) is 27.7 Å². The maximum atomic E-state index is 10.5. The van der Waals surface area contributed by atoms with E-state index in [0.29, 0.717) is 5.92 Å². The second-order valence-corrected chi connectivity index (χ2v) is 2.45. The van der Waals surface area contributed by atoms with Crippen LogP contribution in [-0.4, -0.2) is 12.5 Å². The molecule has 1 aliphatic rings. The maximum Gasteiger partial charge on any atom is 0.220 e. The average Bonchev–Trinajstić information content (AvgIpc) is 2.17. The van der Waals surface area contributed by atoms with Crippen LogP contribution < -0.4 is 5.32 Å². The van der Waals surface area contributed by atoms with E-state index < -0.39 is 0 Å². The Morgan fingerprint density at radius 2 is 1.75 bits per heavy atom. The summed E-state index contributed by atoms with van der Waals surface area (Å²) in [5.74, 6) is 0.899. The molecule has 0 bridgehead atoms. The molecule has 2 heteroatoms. The molecule has 0 aliphatic carbocycles. The van der Waals surface area contributed by atoms with Crippen molar-refractivity contribution in [1.82, 2.24) is 5.32 Å². The van der Waals surface area contributed by atoms with Gasteiger partial charge in [-0.3, -0.25) is 4.79 Å². The molecule has 12 heavy (non-hydrogen) atoms. The van der Waals surface area contributed by atoms with Crippen LogP contribution in [0.2, 0.25) is 0 Å². The van der Waals surface area contributed by atoms with E-state index in [2.05, 4.69) is 12.2 Å². The van der Waals surface area contributed by atoms with Crippen LogP contribution in [0.25, 0.3) is 0 Å². The number of hydrogen-bond acceptors (Lipinski definition) is 1. The molecule has 1 saturated heterocycles. The van der Waals surface area contributed by atoms with Crippen LogP contribution in [0, 0.1) is 5.92 Å². The lowest BCUT2D eigenvalue weighted by molar-refractivity contribution is -0.122. The first-order valence-electron chi connectivity index (χ1n) is 5.06. The van der Waals surface area contributed by atoms with Crippen molar-refractivity contribution in [2.45, 2.75) is 47.5 Å². The summed E-state index contributed by atoms with van der Waals surface area (Å²) in [4.78, 5) is 10.5. The predicted molar refractivity (Wildman–Crippen MR) is 54.1 cm³/mol. The summed E-state index contributed by atoms with van der Waals surface area (Å²) in [5.41, 5.74) is 0. The summed E-state index contributed by atoms with van der Waals surface area (Å²) in [6.07, 6.45) is 1.78. The highest BCUT2D eigenvalue weighted by atomic mass is 16.1. The van der Waals surface area contributed by atoms with Gasteiger partial charge in [0.05, 0.1) is 0 Å². The van der Waals surface area contributed by atoms with Gasteiger partial charge in [0.2, 0.25) is 5.91 Å². The molecule has 0 aromatic heterocycles. The van der Waals surface area contributed by atoms with Gasteiger partial charge in [-0.1, -0.05) is 34.6 Å². The summed E-state index contributed by atoms with van der Waals surface area (Å²) in [5, 5.41) is 2.79. The molecule has 1 atom stereocenters. The van der Waals surface area contributed by atoms with E-state index in [-0.39, 0.29) is 5.91 Å². The average molecular weight is 173 g/mol. The third-order valence-corrected chi connectivity index (χ3v) is 1.51. The molecule has 1 N–H and O–H groups in total. The normalized spacial score (nSPS) is 20.8. The van der Waals surface area contributed by atoms with Gasteiger partial charge < -0.3 is 5.32 Å². The molecule has 0 spiro atoms. The van der Waals surface area contributed by atoms with Crippen molar-refractivity contribution in [3.8, 4) is 0 Å². The summed E-state index contributed by atoms with van der Waals surface area (Å²) < 4.78 is 0. The van der Waals surface area contributed by atoms with Gasteiger partial charge in [-0.15, -0.1) is 0 Å². The number of rotatable bonds is 0. The topological polar surface area (TPSA) is 29.1 Å². The Labute approximate surface area is 76.7 Å². The molecule has 1 fully saturated rings. The number of amides is 1. The van der Waals surface area contributed by atoms with Gasteiger partial charge in [-0.2, -0.15) is 0 Å². The first-order valence-corrected chi connectivity index (χ1v) is 5.06. The lowest BCUT2D eigenvalue weighted by atomic mass is 10.0. The Morgan fingerprint density at radius 3 is 2.00 bits per heavy atom. The smallest absolute Gasteiger partial charge is 0.220 e. The molecule has 2 nitrogen and oxygen atoms in total. The van der Waals surface area contributed by atoms with Gasteiger partial charge in [0, 0.05) is 13.0 Å². The summed E-state index contributed by atoms with van der Waals surface area (Å²) in [6, 6.07) is 0. The lowest BCUT2D eigenvalue weighted by Crippen LogP contribution is -2.33. The number of nitrogens with one attached hydrogen (secondary N) is 1. The third kappa shape index (κ3) is 7.58. The molecule has 1 heterocycles. The fourth-order valence-corrected chi connectivity index (χ4v) is 0.856. The number of carbonyl (C=O) groups excluding carboxylic acids is 1. The minimum absolute atomic E-state index is 0.211. The van der Waals surface area contributed by atoms with Crippen molar-refractivity contribution in [2.75, 3.05) is 6.54 Å². The fraction of sp³-hybridized carbons (Fsp3) is 0.900. The van der Waals surface area contributed by atoms with Crippen molar-refractivity contribution >= 4 is 5.91 Å². The quantitative estimate of drug-likeness (QED) is 0.599. The molecule has 1 unspecified atom stereocenters. The highest BCUT2D eigenvalue weighted by Gasteiger charge is 2.12. The summed E-state index contributed by atoms with van der Waals surface area (Å²) in [7, 11) is 0. The Hall–Kier alpha value is -0.530. The van der Waals surface area contributed by atoms with Gasteiger partial charge in [0.25, 0.3) is 0 Å². The summed E-state index contributed by atoms with van der Waals surface area (Å²) in [6.45, 7) is 11.0. The van der Waals surface area contributed by atoms with Crippen LogP contribution in [0.3, 0.4) is 0 Å². The van der Waals surface area contributed by atoms with Crippen LogP contribution in [0.15, 0.2) is 0 Å². The van der Waals surface area contributed by atoms with Crippen molar-refractivity contribution in [2.24, 2.45) is 5.92 Å². The molecule has 0 aromatic carbocycles. The first kappa shape index (κ1) is 14.0. The number of piperidine rings is 1. The minimum atomic E-state index is 0.211. The first-order chi connectivity index (χ1) is 5.79. The zero-order chi connectivity index (χ0) is 9.98. The second kappa shape index (κ2) is 10.5. The van der Waals surface area contributed by atoms with Crippen molar-refractivity contribution in [3.05, 3.63) is 0 Å². The molecular formula is C10H23NO. The maximum absolute atomic E-state index is 10.5. The van der Waals surface area contributed by atoms with E-state index in [1.165, 1.54) is 0 Å². The van der Waals surface area contributed by atoms with E-state index in [4.69, 9.17) is 0 Å². The lowest BCUT2D eigenvalue weighted by Gasteiger charge is -2.17. The van der Waals surface area contributed by atoms with E-state index in [9.17, 15) is 4.79 Å². The molecule has 0 aromatic rings. The Morgan fingerprint density at radius 1 is 1.25 bits per heavy atom. The van der Waals surface area contributed by atoms with Gasteiger partial charge in [-0.25, -0.2) is 0 Å².